The van der Waals surface area contributed by atoms with Crippen molar-refractivity contribution >= 4 is 28.3 Å². The lowest BCUT2D eigenvalue weighted by atomic mass is 10.1. The summed E-state index contributed by atoms with van der Waals surface area (Å²) in [6.07, 6.45) is 0.911. The van der Waals surface area contributed by atoms with Gasteiger partial charge < -0.3 is 10.6 Å². The maximum atomic E-state index is 12.6. The van der Waals surface area contributed by atoms with E-state index in [9.17, 15) is 13.2 Å². The van der Waals surface area contributed by atoms with Crippen molar-refractivity contribution in [3.8, 4) is 0 Å². The molecule has 1 amide bonds. The van der Waals surface area contributed by atoms with Gasteiger partial charge in [0.1, 0.15) is 0 Å². The topological polar surface area (TPSA) is 83.7 Å². The Morgan fingerprint density at radius 3 is 2.32 bits per heavy atom. The lowest BCUT2D eigenvalue weighted by Gasteiger charge is -2.23. The van der Waals surface area contributed by atoms with Gasteiger partial charge in [0, 0.05) is 31.2 Å². The molecule has 1 aromatic carbocycles. The molecule has 142 valence electrons. The third-order valence-corrected chi connectivity index (χ3v) is 6.81. The van der Waals surface area contributed by atoms with Gasteiger partial charge in [-0.2, -0.15) is 4.31 Å². The summed E-state index contributed by atoms with van der Waals surface area (Å²) in [6, 6.07) is 6.21. The zero-order valence-corrected chi connectivity index (χ0v) is 16.8. The Morgan fingerprint density at radius 2 is 1.88 bits per heavy atom. The largest absolute Gasteiger partial charge is 0.336 e. The minimum atomic E-state index is -3.53. The van der Waals surface area contributed by atoms with E-state index in [0.717, 1.165) is 6.42 Å². The summed E-state index contributed by atoms with van der Waals surface area (Å²) in [5, 5.41) is 0. The van der Waals surface area contributed by atoms with Crippen molar-refractivity contribution in [2.75, 3.05) is 20.1 Å². The fourth-order valence-electron chi connectivity index (χ4n) is 2.98. The minimum Gasteiger partial charge on any atom is -0.336 e. The van der Waals surface area contributed by atoms with Crippen LogP contribution in [0.4, 0.5) is 0 Å². The standard InChI is InChI=1S/C17H27N3O3S.ClH/c1-12(2)19(4)24(22,23)16-7-5-15(6-8-16)17(21)20-11-14(10-18)9-13(20)3;/h5-8,12-14H,9-11,18H2,1-4H3;1H. The fraction of sp³-hybridized carbons (Fsp3) is 0.588. The highest BCUT2D eigenvalue weighted by Crippen LogP contribution is 2.25. The van der Waals surface area contributed by atoms with Crippen molar-refractivity contribution in [2.45, 2.75) is 44.2 Å². The molecular weight excluding hydrogens is 362 g/mol. The fourth-order valence-corrected chi connectivity index (χ4v) is 4.34. The predicted molar refractivity (Wildman–Crippen MR) is 101 cm³/mol. The van der Waals surface area contributed by atoms with E-state index < -0.39 is 10.0 Å². The molecule has 25 heavy (non-hydrogen) atoms. The van der Waals surface area contributed by atoms with Gasteiger partial charge in [-0.1, -0.05) is 0 Å². The zero-order valence-electron chi connectivity index (χ0n) is 15.2. The number of likely N-dealkylation sites (tertiary alicyclic amines) is 1. The Hall–Kier alpha value is -1.15. The number of carbonyl (C=O) groups excluding carboxylic acids is 1. The van der Waals surface area contributed by atoms with E-state index in [1.54, 1.807) is 19.2 Å². The first-order valence-electron chi connectivity index (χ1n) is 8.27. The quantitative estimate of drug-likeness (QED) is 0.834. The van der Waals surface area contributed by atoms with Crippen LogP contribution in [0.25, 0.3) is 0 Å². The molecule has 2 atom stereocenters. The highest BCUT2D eigenvalue weighted by atomic mass is 35.5. The number of carbonyl (C=O) groups is 1. The van der Waals surface area contributed by atoms with Crippen LogP contribution in [0.2, 0.25) is 0 Å². The average molecular weight is 390 g/mol. The molecule has 0 saturated carbocycles. The molecule has 1 aliphatic rings. The Labute approximate surface area is 156 Å². The van der Waals surface area contributed by atoms with Crippen molar-refractivity contribution in [3.63, 3.8) is 0 Å². The van der Waals surface area contributed by atoms with Crippen molar-refractivity contribution in [1.82, 2.24) is 9.21 Å². The SMILES string of the molecule is CC1CC(CN)CN1C(=O)c1ccc(S(=O)(=O)N(C)C(C)C)cc1.Cl. The van der Waals surface area contributed by atoms with Gasteiger partial charge in [-0.3, -0.25) is 4.79 Å². The molecule has 1 aromatic rings. The molecule has 1 fully saturated rings. The molecule has 1 saturated heterocycles. The smallest absolute Gasteiger partial charge is 0.254 e. The summed E-state index contributed by atoms with van der Waals surface area (Å²) in [7, 11) is -1.98. The summed E-state index contributed by atoms with van der Waals surface area (Å²) in [4.78, 5) is 14.7. The van der Waals surface area contributed by atoms with Crippen LogP contribution in [-0.2, 0) is 10.0 Å². The number of nitrogens with two attached hydrogens (primary N) is 1. The molecule has 1 aliphatic heterocycles. The molecular formula is C17H28ClN3O3S. The van der Waals surface area contributed by atoms with Gasteiger partial charge in [0.25, 0.3) is 5.91 Å². The van der Waals surface area contributed by atoms with E-state index in [0.29, 0.717) is 24.6 Å². The van der Waals surface area contributed by atoms with Crippen molar-refractivity contribution in [2.24, 2.45) is 11.7 Å². The van der Waals surface area contributed by atoms with Crippen LogP contribution >= 0.6 is 12.4 Å². The van der Waals surface area contributed by atoms with Crippen molar-refractivity contribution in [1.29, 1.82) is 0 Å². The Kier molecular flexibility index (Phi) is 7.43. The number of hydrogen-bond donors (Lipinski definition) is 1. The number of halogens is 1. The molecule has 0 aliphatic carbocycles. The minimum absolute atomic E-state index is 0. The van der Waals surface area contributed by atoms with Gasteiger partial charge >= 0.3 is 0 Å². The Morgan fingerprint density at radius 1 is 1.32 bits per heavy atom. The molecule has 0 radical (unpaired) electrons. The summed E-state index contributed by atoms with van der Waals surface area (Å²) >= 11 is 0. The van der Waals surface area contributed by atoms with Crippen LogP contribution in [0.3, 0.4) is 0 Å². The van der Waals surface area contributed by atoms with E-state index in [-0.39, 0.29) is 35.3 Å². The first-order valence-corrected chi connectivity index (χ1v) is 9.71. The van der Waals surface area contributed by atoms with E-state index in [1.807, 2.05) is 25.7 Å². The molecule has 0 bridgehead atoms. The molecule has 0 aromatic heterocycles. The molecule has 1 heterocycles. The summed E-state index contributed by atoms with van der Waals surface area (Å²) < 4.78 is 26.2. The lowest BCUT2D eigenvalue weighted by molar-refractivity contribution is 0.0743. The number of hydrogen-bond acceptors (Lipinski definition) is 4. The molecule has 8 heteroatoms. The Balaban J connectivity index is 0.00000312. The molecule has 6 nitrogen and oxygen atoms in total. The van der Waals surface area contributed by atoms with Crippen molar-refractivity contribution < 1.29 is 13.2 Å². The Bertz CT molecular complexity index is 692. The highest BCUT2D eigenvalue weighted by Gasteiger charge is 2.32. The number of nitrogens with zero attached hydrogens (tertiary/aromatic N) is 2. The molecule has 2 unspecified atom stereocenters. The molecule has 2 N–H and O–H groups in total. The maximum absolute atomic E-state index is 12.6. The second-order valence-electron chi connectivity index (χ2n) is 6.78. The lowest BCUT2D eigenvalue weighted by Crippen LogP contribution is -2.34. The molecule has 0 spiro atoms. The van der Waals surface area contributed by atoms with Gasteiger partial charge in [0.05, 0.1) is 4.90 Å². The monoisotopic (exact) mass is 389 g/mol. The van der Waals surface area contributed by atoms with E-state index >= 15 is 0 Å². The second-order valence-corrected chi connectivity index (χ2v) is 8.78. The van der Waals surface area contributed by atoms with E-state index in [1.165, 1.54) is 16.4 Å². The van der Waals surface area contributed by atoms with Crippen LogP contribution in [0.5, 0.6) is 0 Å². The second kappa shape index (κ2) is 8.49. The average Bonchev–Trinajstić information content (AvgIpc) is 2.94. The maximum Gasteiger partial charge on any atom is 0.254 e. The third kappa shape index (κ3) is 4.53. The normalized spacial score (nSPS) is 20.8. The highest BCUT2D eigenvalue weighted by molar-refractivity contribution is 7.89. The number of rotatable bonds is 5. The number of sulfonamides is 1. The van der Waals surface area contributed by atoms with Gasteiger partial charge in [-0.25, -0.2) is 8.42 Å². The first-order chi connectivity index (χ1) is 11.2. The number of benzene rings is 1. The van der Waals surface area contributed by atoms with Crippen LogP contribution in [0.15, 0.2) is 29.2 Å². The predicted octanol–water partition coefficient (Wildman–Crippen LogP) is 1.95. The molecule has 2 rings (SSSR count). The van der Waals surface area contributed by atoms with Gasteiger partial charge in [-0.05, 0) is 63.9 Å². The van der Waals surface area contributed by atoms with Gasteiger partial charge in [0.2, 0.25) is 10.0 Å². The van der Waals surface area contributed by atoms with Crippen LogP contribution in [-0.4, -0.2) is 55.8 Å². The summed E-state index contributed by atoms with van der Waals surface area (Å²) in [6.45, 7) is 6.89. The van der Waals surface area contributed by atoms with Crippen LogP contribution < -0.4 is 5.73 Å². The van der Waals surface area contributed by atoms with Crippen molar-refractivity contribution in [3.05, 3.63) is 29.8 Å². The summed E-state index contributed by atoms with van der Waals surface area (Å²) in [5.74, 6) is 0.267. The van der Waals surface area contributed by atoms with Crippen LogP contribution in [0, 0.1) is 5.92 Å². The first kappa shape index (κ1) is 21.9. The van der Waals surface area contributed by atoms with Gasteiger partial charge in [-0.15, -0.1) is 12.4 Å². The van der Waals surface area contributed by atoms with Crippen LogP contribution in [0.1, 0.15) is 37.6 Å². The third-order valence-electron chi connectivity index (χ3n) is 4.76. The summed E-state index contributed by atoms with van der Waals surface area (Å²) in [5.41, 5.74) is 6.21. The van der Waals surface area contributed by atoms with E-state index in [2.05, 4.69) is 0 Å². The van der Waals surface area contributed by atoms with Gasteiger partial charge in [0.15, 0.2) is 0 Å². The zero-order chi connectivity index (χ0) is 18.1. The van der Waals surface area contributed by atoms with E-state index in [4.69, 9.17) is 5.73 Å². The number of amides is 1.